The first-order valence-corrected chi connectivity index (χ1v) is 12.8. The lowest BCUT2D eigenvalue weighted by Crippen LogP contribution is -2.42. The van der Waals surface area contributed by atoms with Crippen LogP contribution >= 0.6 is 0 Å². The van der Waals surface area contributed by atoms with Crippen LogP contribution in [0.25, 0.3) is 22.4 Å². The number of rotatable bonds is 9. The van der Waals surface area contributed by atoms with Crippen molar-refractivity contribution in [1.82, 2.24) is 14.9 Å². The lowest BCUT2D eigenvalue weighted by Gasteiger charge is -2.25. The Balaban J connectivity index is 1.41. The molecule has 2 heterocycles. The van der Waals surface area contributed by atoms with Crippen LogP contribution in [0.2, 0.25) is 0 Å². The summed E-state index contributed by atoms with van der Waals surface area (Å²) in [6, 6.07) is 13.1. The quantitative estimate of drug-likeness (QED) is 0.104. The predicted octanol–water partition coefficient (Wildman–Crippen LogP) is 4.88. The number of aliphatic carboxylic acids is 1. The number of aromatic nitrogens is 2. The van der Waals surface area contributed by atoms with Gasteiger partial charge in [-0.25, -0.2) is 9.78 Å². The number of amides is 1. The van der Waals surface area contributed by atoms with Crippen LogP contribution in [0.5, 0.6) is 0 Å². The largest absolute Gasteiger partial charge is 0.480 e. The van der Waals surface area contributed by atoms with Crippen molar-refractivity contribution >= 4 is 28.7 Å². The molecule has 11 heteroatoms. The van der Waals surface area contributed by atoms with Gasteiger partial charge in [0.2, 0.25) is 0 Å². The number of carbonyl (C=O) groups is 2. The normalized spacial score (nSPS) is 15.2. The number of nitrogens with zero attached hydrogens (tertiary/aromatic N) is 4. The topological polar surface area (TPSA) is 172 Å². The fourth-order valence-corrected chi connectivity index (χ4v) is 5.19. The SMILES string of the molecule is N=N/N=C(\N)c1cccc(C[C@H](NC(=O)c2ccc3c(c2)nc(-c2ccoc2)n3C2CCCCC2)C(=O)O)c1. The van der Waals surface area contributed by atoms with Crippen LogP contribution in [-0.2, 0) is 11.2 Å². The second-order valence-corrected chi connectivity index (χ2v) is 9.67. The average Bonchev–Trinajstić information content (AvgIpc) is 3.61. The van der Waals surface area contributed by atoms with Gasteiger partial charge < -0.3 is 25.1 Å². The molecule has 2 aromatic carbocycles. The molecule has 200 valence electrons. The third-order valence-corrected chi connectivity index (χ3v) is 7.09. The molecule has 1 atom stereocenters. The Kier molecular flexibility index (Phi) is 7.48. The molecule has 1 aliphatic rings. The van der Waals surface area contributed by atoms with Crippen molar-refractivity contribution in [3.63, 3.8) is 0 Å². The van der Waals surface area contributed by atoms with Crippen molar-refractivity contribution in [3.8, 4) is 11.4 Å². The molecule has 5 rings (SSSR count). The van der Waals surface area contributed by atoms with E-state index >= 15 is 0 Å². The maximum Gasteiger partial charge on any atom is 0.326 e. The second kappa shape index (κ2) is 11.3. The maximum atomic E-state index is 13.2. The molecule has 0 saturated heterocycles. The van der Waals surface area contributed by atoms with E-state index in [0.29, 0.717) is 28.2 Å². The zero-order chi connectivity index (χ0) is 27.4. The number of amidine groups is 1. The van der Waals surface area contributed by atoms with Crippen LogP contribution in [0.15, 0.2) is 75.8 Å². The highest BCUT2D eigenvalue weighted by Gasteiger charge is 2.25. The molecule has 1 aliphatic carbocycles. The summed E-state index contributed by atoms with van der Waals surface area (Å²) in [5.41, 5.74) is 16.6. The summed E-state index contributed by atoms with van der Waals surface area (Å²) in [4.78, 5) is 30.1. The Hall–Kier alpha value is -4.80. The monoisotopic (exact) mass is 527 g/mol. The third-order valence-electron chi connectivity index (χ3n) is 7.09. The van der Waals surface area contributed by atoms with Gasteiger partial charge in [-0.1, -0.05) is 42.7 Å². The summed E-state index contributed by atoms with van der Waals surface area (Å²) >= 11 is 0. The van der Waals surface area contributed by atoms with Crippen LogP contribution < -0.4 is 11.1 Å². The Labute approximate surface area is 224 Å². The van der Waals surface area contributed by atoms with Crippen LogP contribution in [0.4, 0.5) is 0 Å². The fourth-order valence-electron chi connectivity index (χ4n) is 5.19. The number of carboxylic acid groups (broad SMARTS) is 1. The number of furan rings is 1. The van der Waals surface area contributed by atoms with Crippen molar-refractivity contribution in [3.05, 3.63) is 77.7 Å². The van der Waals surface area contributed by atoms with Gasteiger partial charge in [0, 0.05) is 23.6 Å². The van der Waals surface area contributed by atoms with E-state index in [9.17, 15) is 14.7 Å². The van der Waals surface area contributed by atoms with E-state index in [1.54, 1.807) is 48.9 Å². The predicted molar refractivity (Wildman–Crippen MR) is 144 cm³/mol. The van der Waals surface area contributed by atoms with Crippen molar-refractivity contribution in [2.45, 2.75) is 50.6 Å². The van der Waals surface area contributed by atoms with Crippen LogP contribution in [0, 0.1) is 5.53 Å². The molecule has 11 nitrogen and oxygen atoms in total. The number of hydrogen-bond donors (Lipinski definition) is 4. The molecule has 1 amide bonds. The van der Waals surface area contributed by atoms with Crippen molar-refractivity contribution in [2.75, 3.05) is 0 Å². The Bertz CT molecular complexity index is 1530. The van der Waals surface area contributed by atoms with Crippen LogP contribution in [0.3, 0.4) is 0 Å². The summed E-state index contributed by atoms with van der Waals surface area (Å²) in [5.74, 6) is -0.834. The van der Waals surface area contributed by atoms with Gasteiger partial charge in [-0.3, -0.25) is 4.79 Å². The van der Waals surface area contributed by atoms with Crippen LogP contribution in [0.1, 0.15) is 59.6 Å². The minimum Gasteiger partial charge on any atom is -0.480 e. The fraction of sp³-hybridized carbons (Fsp3) is 0.286. The molecular formula is C28H29N7O4. The molecule has 2 aromatic heterocycles. The first kappa shape index (κ1) is 25.8. The number of hydrogen-bond acceptors (Lipinski definition) is 6. The van der Waals surface area contributed by atoms with Gasteiger partial charge in [-0.15, -0.1) is 5.10 Å². The van der Waals surface area contributed by atoms with E-state index in [0.717, 1.165) is 42.6 Å². The molecule has 1 saturated carbocycles. The summed E-state index contributed by atoms with van der Waals surface area (Å²) in [5, 5.41) is 18.9. The number of benzene rings is 2. The van der Waals surface area contributed by atoms with E-state index in [1.807, 2.05) is 12.1 Å². The number of nitrogens with two attached hydrogens (primary N) is 1. The summed E-state index contributed by atoms with van der Waals surface area (Å²) in [7, 11) is 0. The van der Waals surface area contributed by atoms with E-state index < -0.39 is 17.9 Å². The molecule has 0 bridgehead atoms. The number of nitrogens with one attached hydrogen (secondary N) is 2. The first-order valence-electron chi connectivity index (χ1n) is 12.8. The lowest BCUT2D eigenvalue weighted by molar-refractivity contribution is -0.139. The smallest absolute Gasteiger partial charge is 0.326 e. The average molecular weight is 528 g/mol. The molecular weight excluding hydrogens is 498 g/mol. The standard InChI is InChI=1S/C28H29N7O4/c29-25(33-34-30)18-6-4-5-17(13-18)14-23(28(37)38)32-27(36)19-9-10-24-22(15-19)31-26(20-11-12-39-16-20)35(24)21-7-2-1-3-8-21/h4-6,9-13,15-16,21,23H,1-3,7-8,14H2,(H,32,36)(H,37,38)(H3,29,30,33)/t23-/m0/s1. The lowest BCUT2D eigenvalue weighted by atomic mass is 9.95. The van der Waals surface area contributed by atoms with Gasteiger partial charge in [-0.05, 0) is 48.7 Å². The number of carbonyl (C=O) groups excluding carboxylic acids is 1. The highest BCUT2D eigenvalue weighted by atomic mass is 16.4. The van der Waals surface area contributed by atoms with Crippen molar-refractivity contribution in [2.24, 2.45) is 16.1 Å². The Morgan fingerprint density at radius 1 is 1.15 bits per heavy atom. The highest BCUT2D eigenvalue weighted by Crippen LogP contribution is 2.36. The Morgan fingerprint density at radius 3 is 2.69 bits per heavy atom. The van der Waals surface area contributed by atoms with Crippen LogP contribution in [-0.4, -0.2) is 38.4 Å². The zero-order valence-corrected chi connectivity index (χ0v) is 21.2. The second-order valence-electron chi connectivity index (χ2n) is 9.67. The molecule has 0 aliphatic heterocycles. The summed E-state index contributed by atoms with van der Waals surface area (Å²) in [6.07, 6.45) is 9.00. The first-order chi connectivity index (χ1) is 18.9. The molecule has 0 unspecified atom stereocenters. The van der Waals surface area contributed by atoms with E-state index in [2.05, 4.69) is 20.2 Å². The molecule has 39 heavy (non-hydrogen) atoms. The molecule has 0 radical (unpaired) electrons. The summed E-state index contributed by atoms with van der Waals surface area (Å²) < 4.78 is 7.56. The van der Waals surface area contributed by atoms with E-state index in [-0.39, 0.29) is 12.3 Å². The zero-order valence-electron chi connectivity index (χ0n) is 21.2. The van der Waals surface area contributed by atoms with E-state index in [4.69, 9.17) is 20.7 Å². The van der Waals surface area contributed by atoms with Gasteiger partial charge in [0.15, 0.2) is 5.84 Å². The van der Waals surface area contributed by atoms with Gasteiger partial charge in [0.05, 0.1) is 22.9 Å². The van der Waals surface area contributed by atoms with Crippen molar-refractivity contribution in [1.29, 1.82) is 5.53 Å². The highest BCUT2D eigenvalue weighted by molar-refractivity contribution is 6.00. The molecule has 1 fully saturated rings. The van der Waals surface area contributed by atoms with Gasteiger partial charge in [0.1, 0.15) is 18.1 Å². The molecule has 5 N–H and O–H groups in total. The summed E-state index contributed by atoms with van der Waals surface area (Å²) in [6.45, 7) is 0. The maximum absolute atomic E-state index is 13.2. The van der Waals surface area contributed by atoms with Gasteiger partial charge in [-0.2, -0.15) is 5.53 Å². The van der Waals surface area contributed by atoms with Gasteiger partial charge in [0.25, 0.3) is 5.91 Å². The minimum absolute atomic E-state index is 0.0312. The molecule has 4 aromatic rings. The molecule has 0 spiro atoms. The number of fused-ring (bicyclic) bond motifs is 1. The number of imidazole rings is 1. The third kappa shape index (κ3) is 5.57. The Morgan fingerprint density at radius 2 is 1.97 bits per heavy atom. The minimum atomic E-state index is -1.18. The van der Waals surface area contributed by atoms with Crippen molar-refractivity contribution < 1.29 is 19.1 Å². The van der Waals surface area contributed by atoms with Gasteiger partial charge >= 0.3 is 5.97 Å². The number of carboxylic acids is 1. The van der Waals surface area contributed by atoms with E-state index in [1.165, 1.54) is 6.42 Å².